The number of hydrogen-bond donors (Lipinski definition) is 0. The van der Waals surface area contributed by atoms with E-state index in [9.17, 15) is 18.0 Å². The highest BCUT2D eigenvalue weighted by atomic mass is 19.4. The molecule has 1 saturated heterocycles. The van der Waals surface area contributed by atoms with Crippen LogP contribution >= 0.6 is 0 Å². The van der Waals surface area contributed by atoms with Crippen LogP contribution in [0.25, 0.3) is 0 Å². The molecule has 0 saturated carbocycles. The van der Waals surface area contributed by atoms with Crippen molar-refractivity contribution in [2.24, 2.45) is 0 Å². The van der Waals surface area contributed by atoms with E-state index in [1.54, 1.807) is 11.1 Å². The number of aryl methyl sites for hydroxylation is 2. The van der Waals surface area contributed by atoms with Gasteiger partial charge in [0.1, 0.15) is 5.69 Å². The highest BCUT2D eigenvalue weighted by Crippen LogP contribution is 2.30. The van der Waals surface area contributed by atoms with Gasteiger partial charge < -0.3 is 4.90 Å². The van der Waals surface area contributed by atoms with Crippen LogP contribution in [0.1, 0.15) is 56.6 Å². The van der Waals surface area contributed by atoms with Crippen molar-refractivity contribution in [3.63, 3.8) is 0 Å². The van der Waals surface area contributed by atoms with E-state index in [0.717, 1.165) is 46.8 Å². The van der Waals surface area contributed by atoms with Crippen molar-refractivity contribution in [2.45, 2.75) is 38.8 Å². The molecule has 1 aliphatic heterocycles. The zero-order valence-electron chi connectivity index (χ0n) is 17.9. The average molecular weight is 440 g/mol. The van der Waals surface area contributed by atoms with Crippen LogP contribution < -0.4 is 0 Å². The standard InChI is InChI=1S/C24H23F3N4O/c1-15-9-18(10-17-3-5-20(6-4-17)24(25,26)27)11-21(30-15)19-7-8-31(14-19)23(32)22-13-28-16(2)12-29-22/h3-6,9,11-13,19H,7-8,10,14H2,1-2H3/t19-/m1/s1. The van der Waals surface area contributed by atoms with Crippen LogP contribution in [0.2, 0.25) is 0 Å². The smallest absolute Gasteiger partial charge is 0.337 e. The first-order valence-electron chi connectivity index (χ1n) is 10.4. The molecular formula is C24H23F3N4O. The van der Waals surface area contributed by atoms with E-state index in [4.69, 9.17) is 0 Å². The van der Waals surface area contributed by atoms with Gasteiger partial charge in [-0.2, -0.15) is 13.2 Å². The summed E-state index contributed by atoms with van der Waals surface area (Å²) >= 11 is 0. The minimum absolute atomic E-state index is 0.101. The van der Waals surface area contributed by atoms with Gasteiger partial charge in [0, 0.05) is 36.6 Å². The maximum absolute atomic E-state index is 12.8. The molecule has 3 aromatic rings. The van der Waals surface area contributed by atoms with Gasteiger partial charge in [-0.25, -0.2) is 4.98 Å². The Labute approximate surface area is 184 Å². The first-order chi connectivity index (χ1) is 15.2. The Bertz CT molecular complexity index is 1110. The summed E-state index contributed by atoms with van der Waals surface area (Å²) in [6, 6.07) is 9.18. The van der Waals surface area contributed by atoms with Gasteiger partial charge in [-0.15, -0.1) is 0 Å². The maximum Gasteiger partial charge on any atom is 0.416 e. The number of likely N-dealkylation sites (tertiary alicyclic amines) is 1. The van der Waals surface area contributed by atoms with Gasteiger partial charge in [-0.3, -0.25) is 14.8 Å². The number of benzene rings is 1. The monoisotopic (exact) mass is 440 g/mol. The fraction of sp³-hybridized carbons (Fsp3) is 0.333. The van der Waals surface area contributed by atoms with Gasteiger partial charge in [0.15, 0.2) is 0 Å². The molecule has 1 aromatic carbocycles. The van der Waals surface area contributed by atoms with Crippen LogP contribution in [0.5, 0.6) is 0 Å². The SMILES string of the molecule is Cc1cnc(C(=O)N2CC[C@@H](c3cc(Cc4ccc(C(F)(F)F)cc4)cc(C)n3)C2)cn1. The van der Waals surface area contributed by atoms with Crippen molar-refractivity contribution in [2.75, 3.05) is 13.1 Å². The minimum atomic E-state index is -4.34. The Hall–Kier alpha value is -3.29. The van der Waals surface area contributed by atoms with Crippen molar-refractivity contribution >= 4 is 5.91 Å². The molecule has 0 spiro atoms. The number of aromatic nitrogens is 3. The lowest BCUT2D eigenvalue weighted by molar-refractivity contribution is -0.137. The van der Waals surface area contributed by atoms with Crippen LogP contribution in [0.3, 0.4) is 0 Å². The van der Waals surface area contributed by atoms with Gasteiger partial charge in [0.05, 0.1) is 17.5 Å². The molecule has 1 fully saturated rings. The third-order valence-corrected chi connectivity index (χ3v) is 5.62. The summed E-state index contributed by atoms with van der Waals surface area (Å²) in [5.41, 5.74) is 3.97. The summed E-state index contributed by atoms with van der Waals surface area (Å²) < 4.78 is 38.4. The Morgan fingerprint density at radius 3 is 2.44 bits per heavy atom. The quantitative estimate of drug-likeness (QED) is 0.589. The summed E-state index contributed by atoms with van der Waals surface area (Å²) in [6.07, 6.45) is 0.0490. The number of nitrogens with zero attached hydrogens (tertiary/aromatic N) is 4. The van der Waals surface area contributed by atoms with E-state index in [1.807, 2.05) is 26.0 Å². The topological polar surface area (TPSA) is 59.0 Å². The van der Waals surface area contributed by atoms with E-state index in [2.05, 4.69) is 15.0 Å². The normalized spacial score (nSPS) is 16.4. The fourth-order valence-corrected chi connectivity index (χ4v) is 3.98. The molecule has 1 aliphatic rings. The lowest BCUT2D eigenvalue weighted by atomic mass is 9.98. The number of rotatable bonds is 4. The number of carbonyl (C=O) groups is 1. The summed E-state index contributed by atoms with van der Waals surface area (Å²) in [7, 11) is 0. The van der Waals surface area contributed by atoms with Crippen molar-refractivity contribution in [1.29, 1.82) is 0 Å². The van der Waals surface area contributed by atoms with Gasteiger partial charge >= 0.3 is 6.18 Å². The maximum atomic E-state index is 12.8. The summed E-state index contributed by atoms with van der Waals surface area (Å²) in [5.74, 6) is -0.0405. The van der Waals surface area contributed by atoms with Crippen LogP contribution in [0, 0.1) is 13.8 Å². The molecule has 5 nitrogen and oxygen atoms in total. The molecule has 1 amide bonds. The number of alkyl halides is 3. The van der Waals surface area contributed by atoms with E-state index >= 15 is 0 Å². The predicted octanol–water partition coefficient (Wildman–Crippen LogP) is 4.73. The molecule has 0 aliphatic carbocycles. The summed E-state index contributed by atoms with van der Waals surface area (Å²) in [4.78, 5) is 27.5. The lowest BCUT2D eigenvalue weighted by Crippen LogP contribution is -2.29. The highest BCUT2D eigenvalue weighted by Gasteiger charge is 2.31. The average Bonchev–Trinajstić information content (AvgIpc) is 3.23. The van der Waals surface area contributed by atoms with Crippen molar-refractivity contribution in [3.8, 4) is 0 Å². The molecule has 0 unspecified atom stereocenters. The Balaban J connectivity index is 1.47. The zero-order chi connectivity index (χ0) is 22.9. The zero-order valence-corrected chi connectivity index (χ0v) is 17.9. The molecule has 1 atom stereocenters. The number of pyridine rings is 1. The second-order valence-electron chi connectivity index (χ2n) is 8.19. The highest BCUT2D eigenvalue weighted by molar-refractivity contribution is 5.92. The number of halogens is 3. The number of carbonyl (C=O) groups excluding carboxylic acids is 1. The molecule has 8 heteroatoms. The largest absolute Gasteiger partial charge is 0.416 e. The van der Waals surface area contributed by atoms with E-state index in [0.29, 0.717) is 25.2 Å². The van der Waals surface area contributed by atoms with Gasteiger partial charge in [-0.1, -0.05) is 12.1 Å². The lowest BCUT2D eigenvalue weighted by Gasteiger charge is -2.16. The van der Waals surface area contributed by atoms with Crippen molar-refractivity contribution in [1.82, 2.24) is 19.9 Å². The molecule has 4 rings (SSSR count). The Morgan fingerprint density at radius 1 is 1.03 bits per heavy atom. The fourth-order valence-electron chi connectivity index (χ4n) is 3.98. The van der Waals surface area contributed by atoms with Crippen LogP contribution in [0.15, 0.2) is 48.8 Å². The van der Waals surface area contributed by atoms with Gasteiger partial charge in [-0.05, 0) is 62.1 Å². The van der Waals surface area contributed by atoms with Crippen molar-refractivity contribution in [3.05, 3.63) is 88.3 Å². The first kappa shape index (κ1) is 21.9. The third-order valence-electron chi connectivity index (χ3n) is 5.62. The van der Waals surface area contributed by atoms with Gasteiger partial charge in [0.25, 0.3) is 5.91 Å². The molecule has 3 heterocycles. The number of amides is 1. The second-order valence-corrected chi connectivity index (χ2v) is 8.19. The second kappa shape index (κ2) is 8.68. The van der Waals surface area contributed by atoms with E-state index < -0.39 is 11.7 Å². The Kier molecular flexibility index (Phi) is 5.95. The van der Waals surface area contributed by atoms with E-state index in [1.165, 1.54) is 18.3 Å². The molecular weight excluding hydrogens is 417 g/mol. The minimum Gasteiger partial charge on any atom is -0.337 e. The molecule has 0 radical (unpaired) electrons. The van der Waals surface area contributed by atoms with Crippen LogP contribution in [-0.2, 0) is 12.6 Å². The van der Waals surface area contributed by atoms with E-state index in [-0.39, 0.29) is 11.8 Å². The summed E-state index contributed by atoms with van der Waals surface area (Å²) in [6.45, 7) is 4.88. The molecule has 0 N–H and O–H groups in total. The van der Waals surface area contributed by atoms with Crippen LogP contribution in [-0.4, -0.2) is 38.8 Å². The summed E-state index contributed by atoms with van der Waals surface area (Å²) in [5, 5.41) is 0. The Morgan fingerprint density at radius 2 is 1.78 bits per heavy atom. The molecule has 0 bridgehead atoms. The molecule has 32 heavy (non-hydrogen) atoms. The van der Waals surface area contributed by atoms with Crippen LogP contribution in [0.4, 0.5) is 13.2 Å². The first-order valence-corrected chi connectivity index (χ1v) is 10.4. The van der Waals surface area contributed by atoms with Gasteiger partial charge in [0.2, 0.25) is 0 Å². The molecule has 166 valence electrons. The van der Waals surface area contributed by atoms with Crippen molar-refractivity contribution < 1.29 is 18.0 Å². The third kappa shape index (κ3) is 4.95. The predicted molar refractivity (Wildman–Crippen MR) is 113 cm³/mol. The number of hydrogen-bond acceptors (Lipinski definition) is 4. The molecule has 2 aromatic heterocycles.